The molecular formula is C15H22N2O2. The van der Waals surface area contributed by atoms with Gasteiger partial charge in [0, 0.05) is 42.4 Å². The van der Waals surface area contributed by atoms with Crippen molar-refractivity contribution in [2.75, 3.05) is 46.2 Å². The molecule has 1 saturated heterocycles. The number of anilines is 1. The van der Waals surface area contributed by atoms with Gasteiger partial charge in [-0.2, -0.15) is 0 Å². The Kier molecular flexibility index (Phi) is 3.27. The molecule has 2 aliphatic heterocycles. The molecule has 0 bridgehead atoms. The average Bonchev–Trinajstić information content (AvgIpc) is 2.45. The summed E-state index contributed by atoms with van der Waals surface area (Å²) in [4.78, 5) is 2.42. The molecule has 104 valence electrons. The highest BCUT2D eigenvalue weighted by Crippen LogP contribution is 2.46. The molecule has 19 heavy (non-hydrogen) atoms. The molecule has 1 fully saturated rings. The number of hydrogen-bond acceptors (Lipinski definition) is 4. The molecule has 2 aliphatic rings. The van der Waals surface area contributed by atoms with E-state index >= 15 is 0 Å². The summed E-state index contributed by atoms with van der Waals surface area (Å²) in [6, 6.07) is 4.08. The zero-order chi connectivity index (χ0) is 13.4. The van der Waals surface area contributed by atoms with Crippen LogP contribution in [0.3, 0.4) is 0 Å². The molecule has 0 amide bonds. The van der Waals surface area contributed by atoms with Gasteiger partial charge in [0.2, 0.25) is 0 Å². The van der Waals surface area contributed by atoms with Crippen molar-refractivity contribution in [1.82, 2.24) is 4.90 Å². The molecule has 0 aromatic heterocycles. The van der Waals surface area contributed by atoms with Gasteiger partial charge in [0.25, 0.3) is 0 Å². The van der Waals surface area contributed by atoms with Gasteiger partial charge in [-0.05, 0) is 25.9 Å². The minimum absolute atomic E-state index is 0.566. The quantitative estimate of drug-likeness (QED) is 0.885. The third-order valence-electron chi connectivity index (χ3n) is 4.46. The van der Waals surface area contributed by atoms with Crippen LogP contribution in [0.1, 0.15) is 17.9 Å². The number of likely N-dealkylation sites (N-methyl/N-ethyl adjacent to an activating group) is 1. The van der Waals surface area contributed by atoms with Gasteiger partial charge < -0.3 is 19.7 Å². The van der Waals surface area contributed by atoms with E-state index in [0.717, 1.165) is 24.6 Å². The molecule has 2 atom stereocenters. The second-order valence-electron chi connectivity index (χ2n) is 5.59. The van der Waals surface area contributed by atoms with Gasteiger partial charge in [-0.25, -0.2) is 0 Å². The van der Waals surface area contributed by atoms with E-state index in [1.165, 1.54) is 24.2 Å². The first-order valence-electron chi connectivity index (χ1n) is 6.91. The van der Waals surface area contributed by atoms with Gasteiger partial charge in [0.05, 0.1) is 14.2 Å². The molecule has 0 aliphatic carbocycles. The van der Waals surface area contributed by atoms with Gasteiger partial charge in [-0.3, -0.25) is 0 Å². The lowest BCUT2D eigenvalue weighted by Crippen LogP contribution is -2.42. The summed E-state index contributed by atoms with van der Waals surface area (Å²) in [6.45, 7) is 3.36. The van der Waals surface area contributed by atoms with E-state index < -0.39 is 0 Å². The highest BCUT2D eigenvalue weighted by atomic mass is 16.5. The number of nitrogens with one attached hydrogen (secondary N) is 1. The normalized spacial score (nSPS) is 26.1. The van der Waals surface area contributed by atoms with Gasteiger partial charge in [-0.15, -0.1) is 0 Å². The zero-order valence-electron chi connectivity index (χ0n) is 11.9. The van der Waals surface area contributed by atoms with Crippen LogP contribution in [-0.4, -0.2) is 45.8 Å². The fourth-order valence-corrected chi connectivity index (χ4v) is 3.39. The van der Waals surface area contributed by atoms with E-state index in [1.807, 2.05) is 6.07 Å². The van der Waals surface area contributed by atoms with Crippen LogP contribution in [0.2, 0.25) is 0 Å². The summed E-state index contributed by atoms with van der Waals surface area (Å²) in [5.41, 5.74) is 2.50. The van der Waals surface area contributed by atoms with Crippen LogP contribution < -0.4 is 14.8 Å². The monoisotopic (exact) mass is 262 g/mol. The number of benzene rings is 1. The maximum absolute atomic E-state index is 5.60. The number of piperidine rings is 1. The van der Waals surface area contributed by atoms with Crippen LogP contribution in [0.25, 0.3) is 0 Å². The fourth-order valence-electron chi connectivity index (χ4n) is 3.39. The van der Waals surface area contributed by atoms with E-state index in [0.29, 0.717) is 11.8 Å². The Hall–Kier alpha value is -1.42. The molecule has 1 N–H and O–H groups in total. The summed E-state index contributed by atoms with van der Waals surface area (Å²) in [5, 5.41) is 3.55. The number of nitrogens with zero attached hydrogens (tertiary/aromatic N) is 1. The van der Waals surface area contributed by atoms with Crippen LogP contribution in [0, 0.1) is 5.92 Å². The number of methoxy groups -OCH3 is 2. The van der Waals surface area contributed by atoms with E-state index in [2.05, 4.69) is 23.3 Å². The minimum Gasteiger partial charge on any atom is -0.497 e. The molecule has 0 spiro atoms. The van der Waals surface area contributed by atoms with Crippen LogP contribution >= 0.6 is 0 Å². The van der Waals surface area contributed by atoms with Crippen molar-refractivity contribution < 1.29 is 9.47 Å². The Balaban J connectivity index is 2.04. The molecule has 1 aromatic rings. The first-order valence-corrected chi connectivity index (χ1v) is 6.91. The molecular weight excluding hydrogens is 240 g/mol. The Morgan fingerprint density at radius 2 is 2.11 bits per heavy atom. The maximum atomic E-state index is 5.60. The Labute approximate surface area is 114 Å². The molecule has 2 heterocycles. The van der Waals surface area contributed by atoms with Crippen molar-refractivity contribution in [2.24, 2.45) is 5.92 Å². The lowest BCUT2D eigenvalue weighted by molar-refractivity contribution is 0.189. The number of ether oxygens (including phenoxy) is 2. The van der Waals surface area contributed by atoms with Crippen LogP contribution in [0.4, 0.5) is 5.69 Å². The van der Waals surface area contributed by atoms with Crippen molar-refractivity contribution >= 4 is 5.69 Å². The standard InChI is InChI=1S/C15H22N2O2/c1-17-5-4-10-8-16-13-6-11(18-2)7-14(19-3)15(13)12(10)9-17/h6-7,10,12,16H,4-5,8-9H2,1-3H3. The topological polar surface area (TPSA) is 33.7 Å². The van der Waals surface area contributed by atoms with Crippen molar-refractivity contribution in [3.63, 3.8) is 0 Å². The molecule has 0 saturated carbocycles. The largest absolute Gasteiger partial charge is 0.497 e. The Bertz CT molecular complexity index is 458. The van der Waals surface area contributed by atoms with Gasteiger partial charge >= 0.3 is 0 Å². The highest BCUT2D eigenvalue weighted by Gasteiger charge is 2.35. The highest BCUT2D eigenvalue weighted by molar-refractivity contribution is 5.65. The van der Waals surface area contributed by atoms with E-state index in [1.54, 1.807) is 14.2 Å². The first-order chi connectivity index (χ1) is 9.22. The summed E-state index contributed by atoms with van der Waals surface area (Å²) >= 11 is 0. The first kappa shape index (κ1) is 12.6. The Morgan fingerprint density at radius 1 is 1.26 bits per heavy atom. The second-order valence-corrected chi connectivity index (χ2v) is 5.59. The van der Waals surface area contributed by atoms with E-state index in [4.69, 9.17) is 9.47 Å². The number of rotatable bonds is 2. The van der Waals surface area contributed by atoms with Crippen LogP contribution in [0.15, 0.2) is 12.1 Å². The predicted molar refractivity (Wildman–Crippen MR) is 76.4 cm³/mol. The average molecular weight is 262 g/mol. The zero-order valence-corrected chi connectivity index (χ0v) is 11.9. The third-order valence-corrected chi connectivity index (χ3v) is 4.46. The van der Waals surface area contributed by atoms with Crippen molar-refractivity contribution in [3.05, 3.63) is 17.7 Å². The fraction of sp³-hybridized carbons (Fsp3) is 0.600. The minimum atomic E-state index is 0.566. The lowest BCUT2D eigenvalue weighted by Gasteiger charge is -2.42. The van der Waals surface area contributed by atoms with Crippen molar-refractivity contribution in [2.45, 2.75) is 12.3 Å². The molecule has 2 unspecified atom stereocenters. The smallest absolute Gasteiger partial charge is 0.128 e. The third kappa shape index (κ3) is 2.14. The van der Waals surface area contributed by atoms with Crippen LogP contribution in [-0.2, 0) is 0 Å². The summed E-state index contributed by atoms with van der Waals surface area (Å²) in [5.74, 6) is 3.08. The summed E-state index contributed by atoms with van der Waals surface area (Å²) in [6.07, 6.45) is 1.25. The summed E-state index contributed by atoms with van der Waals surface area (Å²) < 4.78 is 11.0. The molecule has 3 rings (SSSR count). The number of hydrogen-bond donors (Lipinski definition) is 1. The molecule has 4 heteroatoms. The predicted octanol–water partition coefficient (Wildman–Crippen LogP) is 2.16. The second kappa shape index (κ2) is 4.93. The number of likely N-dealkylation sites (tertiary alicyclic amines) is 1. The molecule has 1 aromatic carbocycles. The van der Waals surface area contributed by atoms with Crippen molar-refractivity contribution in [3.8, 4) is 11.5 Å². The Morgan fingerprint density at radius 3 is 2.84 bits per heavy atom. The molecule has 4 nitrogen and oxygen atoms in total. The molecule has 0 radical (unpaired) electrons. The van der Waals surface area contributed by atoms with Gasteiger partial charge in [-0.1, -0.05) is 0 Å². The van der Waals surface area contributed by atoms with Crippen LogP contribution in [0.5, 0.6) is 11.5 Å². The van der Waals surface area contributed by atoms with Crippen molar-refractivity contribution in [1.29, 1.82) is 0 Å². The number of fused-ring (bicyclic) bond motifs is 3. The summed E-state index contributed by atoms with van der Waals surface area (Å²) in [7, 11) is 5.64. The van der Waals surface area contributed by atoms with E-state index in [-0.39, 0.29) is 0 Å². The van der Waals surface area contributed by atoms with E-state index in [9.17, 15) is 0 Å². The van der Waals surface area contributed by atoms with Gasteiger partial charge in [0.15, 0.2) is 0 Å². The maximum Gasteiger partial charge on any atom is 0.128 e. The SMILES string of the molecule is COc1cc2c(c(OC)c1)C1CN(C)CCC1CN2. The lowest BCUT2D eigenvalue weighted by atomic mass is 9.77. The van der Waals surface area contributed by atoms with Gasteiger partial charge in [0.1, 0.15) is 11.5 Å².